The van der Waals surface area contributed by atoms with Gasteiger partial charge in [0.25, 0.3) is 0 Å². The molecule has 0 unspecified atom stereocenters. The van der Waals surface area contributed by atoms with Gasteiger partial charge < -0.3 is 14.4 Å². The molecule has 112 valence electrons. The van der Waals surface area contributed by atoms with Crippen molar-refractivity contribution in [1.29, 1.82) is 0 Å². The number of imidazole rings is 1. The Morgan fingerprint density at radius 2 is 2.00 bits per heavy atom. The van der Waals surface area contributed by atoms with Crippen molar-refractivity contribution in [3.63, 3.8) is 0 Å². The van der Waals surface area contributed by atoms with E-state index in [2.05, 4.69) is 4.98 Å². The van der Waals surface area contributed by atoms with Crippen molar-refractivity contribution in [1.82, 2.24) is 9.55 Å². The molecule has 1 N–H and O–H groups in total. The van der Waals surface area contributed by atoms with Crippen LogP contribution in [0.25, 0.3) is 11.0 Å². The van der Waals surface area contributed by atoms with Crippen molar-refractivity contribution in [2.45, 2.75) is 20.1 Å². The Morgan fingerprint density at radius 3 is 2.68 bits per heavy atom. The summed E-state index contributed by atoms with van der Waals surface area (Å²) in [4.78, 5) is 15.6. The van der Waals surface area contributed by atoms with Gasteiger partial charge in [-0.25, -0.2) is 9.78 Å². The van der Waals surface area contributed by atoms with Crippen LogP contribution in [0.4, 0.5) is 0 Å². The first kappa shape index (κ1) is 14.1. The van der Waals surface area contributed by atoms with Crippen molar-refractivity contribution in [2.75, 3.05) is 0 Å². The summed E-state index contributed by atoms with van der Waals surface area (Å²) in [5.74, 6) is 0.613. The molecule has 2 aromatic carbocycles. The summed E-state index contributed by atoms with van der Waals surface area (Å²) in [6, 6.07) is 14.5. The van der Waals surface area contributed by atoms with Crippen LogP contribution in [0, 0.1) is 0 Å². The van der Waals surface area contributed by atoms with Crippen molar-refractivity contribution < 1.29 is 14.6 Å². The van der Waals surface area contributed by atoms with Crippen molar-refractivity contribution in [2.24, 2.45) is 0 Å². The fourth-order valence-corrected chi connectivity index (χ4v) is 2.44. The molecule has 1 heterocycles. The Labute approximate surface area is 127 Å². The van der Waals surface area contributed by atoms with Crippen LogP contribution in [-0.4, -0.2) is 20.6 Å². The molecule has 0 bridgehead atoms. The topological polar surface area (TPSA) is 64.4 Å². The van der Waals surface area contributed by atoms with E-state index in [4.69, 9.17) is 9.84 Å². The molecule has 0 saturated heterocycles. The highest BCUT2D eigenvalue weighted by Crippen LogP contribution is 2.20. The van der Waals surface area contributed by atoms with E-state index in [1.165, 1.54) is 0 Å². The molecule has 0 fully saturated rings. The second-order valence-corrected chi connectivity index (χ2v) is 4.88. The number of hydrogen-bond donors (Lipinski definition) is 1. The molecular weight excluding hydrogens is 280 g/mol. The molecule has 0 saturated carbocycles. The van der Waals surface area contributed by atoms with Crippen LogP contribution >= 0.6 is 0 Å². The first-order valence-corrected chi connectivity index (χ1v) is 7.09. The molecule has 3 aromatic rings. The number of rotatable bonds is 5. The number of carbonyl (C=O) groups is 1. The molecule has 0 radical (unpaired) electrons. The van der Waals surface area contributed by atoms with Gasteiger partial charge in [0.1, 0.15) is 18.2 Å². The Bertz CT molecular complexity index is 809. The van der Waals surface area contributed by atoms with Crippen molar-refractivity contribution in [3.05, 3.63) is 59.9 Å². The van der Waals surface area contributed by atoms with E-state index in [1.807, 2.05) is 41.8 Å². The lowest BCUT2D eigenvalue weighted by atomic mass is 10.2. The Hall–Kier alpha value is -2.82. The van der Waals surface area contributed by atoms with E-state index in [-0.39, 0.29) is 5.56 Å². The molecule has 5 heteroatoms. The number of aromatic nitrogens is 2. The van der Waals surface area contributed by atoms with Gasteiger partial charge in [-0.05, 0) is 37.3 Å². The molecule has 1 aromatic heterocycles. The third kappa shape index (κ3) is 2.65. The number of hydrogen-bond acceptors (Lipinski definition) is 3. The summed E-state index contributed by atoms with van der Waals surface area (Å²) in [5.41, 5.74) is 1.83. The summed E-state index contributed by atoms with van der Waals surface area (Å²) in [6.07, 6.45) is 0. The zero-order valence-corrected chi connectivity index (χ0v) is 12.2. The summed E-state index contributed by atoms with van der Waals surface area (Å²) in [7, 11) is 0. The number of aromatic carboxylic acids is 1. The van der Waals surface area contributed by atoms with E-state index in [0.29, 0.717) is 12.1 Å². The van der Waals surface area contributed by atoms with Crippen LogP contribution in [-0.2, 0) is 13.2 Å². The first-order valence-electron chi connectivity index (χ1n) is 7.09. The minimum Gasteiger partial charge on any atom is -0.486 e. The minimum absolute atomic E-state index is 0.240. The van der Waals surface area contributed by atoms with Gasteiger partial charge in [-0.2, -0.15) is 0 Å². The quantitative estimate of drug-likeness (QED) is 0.784. The fourth-order valence-electron chi connectivity index (χ4n) is 2.44. The van der Waals surface area contributed by atoms with Crippen LogP contribution in [0.15, 0.2) is 48.5 Å². The summed E-state index contributed by atoms with van der Waals surface area (Å²) in [5, 5.41) is 9.07. The maximum Gasteiger partial charge on any atom is 0.335 e. The van der Waals surface area contributed by atoms with Gasteiger partial charge in [0, 0.05) is 6.54 Å². The maximum atomic E-state index is 11.1. The van der Waals surface area contributed by atoms with Crippen LogP contribution in [0.2, 0.25) is 0 Å². The number of carboxylic acid groups (broad SMARTS) is 1. The zero-order chi connectivity index (χ0) is 15.5. The number of carboxylic acids is 1. The lowest BCUT2D eigenvalue weighted by molar-refractivity contribution is 0.0697. The van der Waals surface area contributed by atoms with E-state index in [1.54, 1.807) is 18.2 Å². The minimum atomic E-state index is -0.949. The fraction of sp³-hybridized carbons (Fsp3) is 0.176. The molecule has 0 spiro atoms. The second-order valence-electron chi connectivity index (χ2n) is 4.88. The van der Waals surface area contributed by atoms with Gasteiger partial charge in [-0.1, -0.05) is 18.2 Å². The predicted molar refractivity (Wildman–Crippen MR) is 83.1 cm³/mol. The van der Waals surface area contributed by atoms with E-state index in [0.717, 1.165) is 23.6 Å². The normalized spacial score (nSPS) is 10.8. The third-order valence-corrected chi connectivity index (χ3v) is 3.50. The SMILES string of the molecule is CCn1c(COc2ccccc2)nc2cc(C(=O)O)ccc21. The summed E-state index contributed by atoms with van der Waals surface area (Å²) in [6.45, 7) is 3.11. The van der Waals surface area contributed by atoms with Gasteiger partial charge >= 0.3 is 5.97 Å². The zero-order valence-electron chi connectivity index (χ0n) is 12.2. The predicted octanol–water partition coefficient (Wildman–Crippen LogP) is 3.33. The smallest absolute Gasteiger partial charge is 0.335 e. The second kappa shape index (κ2) is 5.89. The van der Waals surface area contributed by atoms with Gasteiger partial charge in [0.05, 0.1) is 16.6 Å². The highest BCUT2D eigenvalue weighted by molar-refractivity contribution is 5.92. The van der Waals surface area contributed by atoms with Crippen LogP contribution < -0.4 is 4.74 Å². The molecule has 0 aliphatic rings. The molecule has 5 nitrogen and oxygen atoms in total. The Balaban J connectivity index is 1.93. The number of ether oxygens (including phenoxy) is 1. The van der Waals surface area contributed by atoms with E-state index >= 15 is 0 Å². The van der Waals surface area contributed by atoms with Gasteiger partial charge in [0.15, 0.2) is 0 Å². The van der Waals surface area contributed by atoms with E-state index in [9.17, 15) is 4.79 Å². The van der Waals surface area contributed by atoms with Crippen LogP contribution in [0.5, 0.6) is 5.75 Å². The van der Waals surface area contributed by atoms with Gasteiger partial charge in [-0.15, -0.1) is 0 Å². The van der Waals surface area contributed by atoms with Crippen molar-refractivity contribution >= 4 is 17.0 Å². The van der Waals surface area contributed by atoms with Crippen molar-refractivity contribution in [3.8, 4) is 5.75 Å². The van der Waals surface area contributed by atoms with Gasteiger partial charge in [-0.3, -0.25) is 0 Å². The molecule has 0 aliphatic carbocycles. The lowest BCUT2D eigenvalue weighted by Crippen LogP contribution is -2.05. The average Bonchev–Trinajstić information content (AvgIpc) is 2.90. The number of benzene rings is 2. The molecular formula is C17H16N2O3. The number of aryl methyl sites for hydroxylation is 1. The standard InChI is InChI=1S/C17H16N2O3/c1-2-19-15-9-8-12(17(20)21)10-14(15)18-16(19)11-22-13-6-4-3-5-7-13/h3-10H,2,11H2,1H3,(H,20,21). The molecule has 22 heavy (non-hydrogen) atoms. The number of nitrogens with zero attached hydrogens (tertiary/aromatic N) is 2. The first-order chi connectivity index (χ1) is 10.7. The maximum absolute atomic E-state index is 11.1. The average molecular weight is 296 g/mol. The molecule has 0 amide bonds. The molecule has 0 atom stereocenters. The van der Waals surface area contributed by atoms with Crippen LogP contribution in [0.3, 0.4) is 0 Å². The molecule has 0 aliphatic heterocycles. The largest absolute Gasteiger partial charge is 0.486 e. The summed E-state index contributed by atoms with van der Waals surface area (Å²) >= 11 is 0. The van der Waals surface area contributed by atoms with Crippen LogP contribution in [0.1, 0.15) is 23.1 Å². The van der Waals surface area contributed by atoms with Gasteiger partial charge in [0.2, 0.25) is 0 Å². The summed E-state index contributed by atoms with van der Waals surface area (Å²) < 4.78 is 7.77. The number of fused-ring (bicyclic) bond motifs is 1. The third-order valence-electron chi connectivity index (χ3n) is 3.50. The highest BCUT2D eigenvalue weighted by atomic mass is 16.5. The number of para-hydroxylation sites is 1. The highest BCUT2D eigenvalue weighted by Gasteiger charge is 2.12. The lowest BCUT2D eigenvalue weighted by Gasteiger charge is -2.08. The Morgan fingerprint density at radius 1 is 1.23 bits per heavy atom. The Kier molecular flexibility index (Phi) is 3.78. The monoisotopic (exact) mass is 296 g/mol. The van der Waals surface area contributed by atoms with E-state index < -0.39 is 5.97 Å². The molecule has 3 rings (SSSR count).